The van der Waals surface area contributed by atoms with Gasteiger partial charge in [0.2, 0.25) is 0 Å². The zero-order valence-electron chi connectivity index (χ0n) is 11.8. The molecule has 0 aliphatic carbocycles. The molecule has 1 atom stereocenters. The fourth-order valence-electron chi connectivity index (χ4n) is 2.65. The monoisotopic (exact) mass is 278 g/mol. The SMILES string of the molecule is CCOc1cccc(N)c1C(=O)N1CCC(CCO)C1. The van der Waals surface area contributed by atoms with Gasteiger partial charge in [-0.2, -0.15) is 0 Å². The van der Waals surface area contributed by atoms with Crippen LogP contribution in [-0.2, 0) is 0 Å². The summed E-state index contributed by atoms with van der Waals surface area (Å²) in [5, 5.41) is 8.98. The van der Waals surface area contributed by atoms with Crippen molar-refractivity contribution in [2.75, 3.05) is 32.0 Å². The van der Waals surface area contributed by atoms with Crippen LogP contribution in [0.3, 0.4) is 0 Å². The summed E-state index contributed by atoms with van der Waals surface area (Å²) in [6.45, 7) is 3.94. The Labute approximate surface area is 119 Å². The molecule has 20 heavy (non-hydrogen) atoms. The Morgan fingerprint density at radius 1 is 1.55 bits per heavy atom. The molecule has 2 rings (SSSR count). The molecule has 1 heterocycles. The van der Waals surface area contributed by atoms with Crippen LogP contribution < -0.4 is 10.5 Å². The first kappa shape index (κ1) is 14.7. The van der Waals surface area contributed by atoms with E-state index in [-0.39, 0.29) is 12.5 Å². The number of rotatable bonds is 5. The highest BCUT2D eigenvalue weighted by Gasteiger charge is 2.29. The van der Waals surface area contributed by atoms with Crippen LogP contribution in [0.4, 0.5) is 5.69 Å². The van der Waals surface area contributed by atoms with E-state index in [1.54, 1.807) is 23.1 Å². The zero-order chi connectivity index (χ0) is 14.5. The van der Waals surface area contributed by atoms with Gasteiger partial charge in [-0.1, -0.05) is 6.07 Å². The van der Waals surface area contributed by atoms with E-state index in [1.807, 2.05) is 6.92 Å². The predicted molar refractivity (Wildman–Crippen MR) is 77.7 cm³/mol. The predicted octanol–water partition coefficient (Wildman–Crippen LogP) is 1.51. The standard InChI is InChI=1S/C15H22N2O3/c1-2-20-13-5-3-4-12(16)14(13)15(19)17-8-6-11(10-17)7-9-18/h3-5,11,18H,2,6-10,16H2,1H3. The number of benzene rings is 1. The van der Waals surface area contributed by atoms with Gasteiger partial charge in [-0.05, 0) is 37.8 Å². The summed E-state index contributed by atoms with van der Waals surface area (Å²) in [7, 11) is 0. The van der Waals surface area contributed by atoms with Crippen molar-refractivity contribution in [1.82, 2.24) is 4.90 Å². The molecule has 1 aliphatic rings. The molecule has 0 spiro atoms. The lowest BCUT2D eigenvalue weighted by Gasteiger charge is -2.19. The Morgan fingerprint density at radius 2 is 2.35 bits per heavy atom. The summed E-state index contributed by atoms with van der Waals surface area (Å²) in [5.74, 6) is 0.847. The van der Waals surface area contributed by atoms with Gasteiger partial charge in [-0.3, -0.25) is 4.79 Å². The second-order valence-corrected chi connectivity index (χ2v) is 5.07. The maximum atomic E-state index is 12.6. The lowest BCUT2D eigenvalue weighted by Crippen LogP contribution is -2.30. The Bertz CT molecular complexity index is 476. The number of likely N-dealkylation sites (tertiary alicyclic amines) is 1. The van der Waals surface area contributed by atoms with Crippen LogP contribution >= 0.6 is 0 Å². The Morgan fingerprint density at radius 3 is 3.05 bits per heavy atom. The number of carbonyl (C=O) groups is 1. The van der Waals surface area contributed by atoms with Gasteiger partial charge in [0.15, 0.2) is 0 Å². The second kappa shape index (κ2) is 6.61. The number of aliphatic hydroxyl groups is 1. The minimum Gasteiger partial charge on any atom is -0.493 e. The summed E-state index contributed by atoms with van der Waals surface area (Å²) in [5.41, 5.74) is 6.85. The van der Waals surface area contributed by atoms with Crippen molar-refractivity contribution in [2.45, 2.75) is 19.8 Å². The largest absolute Gasteiger partial charge is 0.493 e. The molecule has 0 aromatic heterocycles. The van der Waals surface area contributed by atoms with Crippen LogP contribution in [0.5, 0.6) is 5.75 Å². The Balaban J connectivity index is 2.17. The van der Waals surface area contributed by atoms with Crippen molar-refractivity contribution in [3.8, 4) is 5.75 Å². The van der Waals surface area contributed by atoms with Crippen molar-refractivity contribution in [1.29, 1.82) is 0 Å². The van der Waals surface area contributed by atoms with Crippen molar-refractivity contribution in [2.24, 2.45) is 5.92 Å². The van der Waals surface area contributed by atoms with Gasteiger partial charge in [0.25, 0.3) is 5.91 Å². The lowest BCUT2D eigenvalue weighted by atomic mass is 10.1. The average Bonchev–Trinajstić information content (AvgIpc) is 2.88. The van der Waals surface area contributed by atoms with Crippen LogP contribution in [-0.4, -0.2) is 42.2 Å². The molecule has 1 amide bonds. The molecule has 110 valence electrons. The van der Waals surface area contributed by atoms with Gasteiger partial charge in [0, 0.05) is 25.4 Å². The molecule has 0 radical (unpaired) electrons. The summed E-state index contributed by atoms with van der Waals surface area (Å²) < 4.78 is 5.51. The third-order valence-electron chi connectivity index (χ3n) is 3.68. The van der Waals surface area contributed by atoms with Gasteiger partial charge in [0.05, 0.1) is 6.61 Å². The van der Waals surface area contributed by atoms with Crippen molar-refractivity contribution >= 4 is 11.6 Å². The summed E-state index contributed by atoms with van der Waals surface area (Å²) in [6, 6.07) is 5.28. The normalized spacial score (nSPS) is 18.3. The van der Waals surface area contributed by atoms with E-state index in [0.717, 1.165) is 12.8 Å². The Hall–Kier alpha value is -1.75. The number of nitrogens with two attached hydrogens (primary N) is 1. The summed E-state index contributed by atoms with van der Waals surface area (Å²) in [6.07, 6.45) is 1.68. The first-order valence-corrected chi connectivity index (χ1v) is 7.08. The van der Waals surface area contributed by atoms with Gasteiger partial charge < -0.3 is 20.5 Å². The second-order valence-electron chi connectivity index (χ2n) is 5.07. The average molecular weight is 278 g/mol. The molecule has 5 nitrogen and oxygen atoms in total. The number of carbonyl (C=O) groups excluding carboxylic acids is 1. The van der Waals surface area contributed by atoms with Gasteiger partial charge >= 0.3 is 0 Å². The van der Waals surface area contributed by atoms with E-state index >= 15 is 0 Å². The van der Waals surface area contributed by atoms with Gasteiger partial charge in [-0.15, -0.1) is 0 Å². The van der Waals surface area contributed by atoms with E-state index < -0.39 is 0 Å². The number of hydrogen-bond donors (Lipinski definition) is 2. The molecule has 5 heteroatoms. The molecule has 1 unspecified atom stereocenters. The van der Waals surface area contributed by atoms with E-state index in [1.165, 1.54) is 0 Å². The first-order chi connectivity index (χ1) is 9.67. The van der Waals surface area contributed by atoms with Crippen molar-refractivity contribution < 1.29 is 14.6 Å². The number of nitrogens with zero attached hydrogens (tertiary/aromatic N) is 1. The highest BCUT2D eigenvalue weighted by Crippen LogP contribution is 2.29. The molecule has 1 aromatic rings. The third-order valence-corrected chi connectivity index (χ3v) is 3.68. The van der Waals surface area contributed by atoms with E-state index in [0.29, 0.717) is 42.6 Å². The van der Waals surface area contributed by atoms with Gasteiger partial charge in [0.1, 0.15) is 11.3 Å². The first-order valence-electron chi connectivity index (χ1n) is 7.08. The summed E-state index contributed by atoms with van der Waals surface area (Å²) >= 11 is 0. The van der Waals surface area contributed by atoms with Crippen LogP contribution in [0.2, 0.25) is 0 Å². The summed E-state index contributed by atoms with van der Waals surface area (Å²) in [4.78, 5) is 14.4. The zero-order valence-corrected chi connectivity index (χ0v) is 11.8. The maximum Gasteiger partial charge on any atom is 0.259 e. The molecule has 1 saturated heterocycles. The number of ether oxygens (including phenoxy) is 1. The number of hydrogen-bond acceptors (Lipinski definition) is 4. The van der Waals surface area contributed by atoms with Crippen LogP contribution in [0, 0.1) is 5.92 Å². The van der Waals surface area contributed by atoms with Crippen molar-refractivity contribution in [3.05, 3.63) is 23.8 Å². The molecule has 0 saturated carbocycles. The molecule has 1 aliphatic heterocycles. The molecule has 3 N–H and O–H groups in total. The Kier molecular flexibility index (Phi) is 4.84. The number of amides is 1. The van der Waals surface area contributed by atoms with E-state index in [2.05, 4.69) is 0 Å². The van der Waals surface area contributed by atoms with E-state index in [4.69, 9.17) is 15.6 Å². The fourth-order valence-corrected chi connectivity index (χ4v) is 2.65. The van der Waals surface area contributed by atoms with Crippen LogP contribution in [0.15, 0.2) is 18.2 Å². The minimum absolute atomic E-state index is 0.0769. The molecular formula is C15H22N2O3. The molecule has 1 fully saturated rings. The fraction of sp³-hybridized carbons (Fsp3) is 0.533. The minimum atomic E-state index is -0.0769. The van der Waals surface area contributed by atoms with Gasteiger partial charge in [-0.25, -0.2) is 0 Å². The van der Waals surface area contributed by atoms with Crippen LogP contribution in [0.1, 0.15) is 30.1 Å². The third kappa shape index (κ3) is 3.04. The smallest absolute Gasteiger partial charge is 0.259 e. The topological polar surface area (TPSA) is 75.8 Å². The molecule has 1 aromatic carbocycles. The van der Waals surface area contributed by atoms with E-state index in [9.17, 15) is 4.79 Å². The molecular weight excluding hydrogens is 256 g/mol. The van der Waals surface area contributed by atoms with Crippen LogP contribution in [0.25, 0.3) is 0 Å². The molecule has 0 bridgehead atoms. The maximum absolute atomic E-state index is 12.6. The number of aliphatic hydroxyl groups excluding tert-OH is 1. The highest BCUT2D eigenvalue weighted by atomic mass is 16.5. The number of nitrogen functional groups attached to an aromatic ring is 1. The highest BCUT2D eigenvalue weighted by molar-refractivity contribution is 6.02. The van der Waals surface area contributed by atoms with Crippen molar-refractivity contribution in [3.63, 3.8) is 0 Å². The lowest BCUT2D eigenvalue weighted by molar-refractivity contribution is 0.0781. The number of anilines is 1. The quantitative estimate of drug-likeness (QED) is 0.801.